The molecule has 1 saturated carbocycles. The zero-order chi connectivity index (χ0) is 12.6. The molecule has 2 fully saturated rings. The fourth-order valence-electron chi connectivity index (χ4n) is 2.83. The number of carbonyl (C=O) groups is 1. The number of rotatable bonds is 1. The van der Waals surface area contributed by atoms with Crippen molar-refractivity contribution in [2.45, 2.75) is 37.6 Å². The maximum absolute atomic E-state index is 12.0. The normalized spacial score (nSPS) is 22.3. The fourth-order valence-corrected chi connectivity index (χ4v) is 2.92. The maximum Gasteiger partial charge on any atom is 0.324 e. The van der Waals surface area contributed by atoms with Crippen LogP contribution in [-0.4, -0.2) is 28.1 Å². The van der Waals surface area contributed by atoms with Crippen LogP contribution in [-0.2, 0) is 0 Å². The number of carbonyl (C=O) groups excluding carboxylic acids is 1. The predicted octanol–water partition coefficient (Wildman–Crippen LogP) is 2.36. The van der Waals surface area contributed by atoms with E-state index in [0.717, 1.165) is 12.8 Å². The van der Waals surface area contributed by atoms with Crippen molar-refractivity contribution in [2.24, 2.45) is 0 Å². The molecule has 2 heterocycles. The van der Waals surface area contributed by atoms with Gasteiger partial charge in [0.1, 0.15) is 0 Å². The van der Waals surface area contributed by atoms with Crippen LogP contribution < -0.4 is 10.2 Å². The molecule has 6 heteroatoms. The highest BCUT2D eigenvalue weighted by Crippen LogP contribution is 2.33. The van der Waals surface area contributed by atoms with E-state index >= 15 is 0 Å². The van der Waals surface area contributed by atoms with E-state index in [2.05, 4.69) is 15.3 Å². The molecule has 0 bridgehead atoms. The van der Waals surface area contributed by atoms with Crippen molar-refractivity contribution >= 4 is 23.6 Å². The minimum atomic E-state index is -0.0979. The van der Waals surface area contributed by atoms with Crippen LogP contribution in [0.3, 0.4) is 0 Å². The molecule has 2 amide bonds. The van der Waals surface area contributed by atoms with E-state index in [1.54, 1.807) is 4.90 Å². The second-order valence-corrected chi connectivity index (χ2v) is 5.50. The number of nitrogens with zero attached hydrogens (tertiary/aromatic N) is 3. The van der Waals surface area contributed by atoms with Crippen molar-refractivity contribution in [3.05, 3.63) is 17.4 Å². The average Bonchev–Trinajstić information content (AvgIpc) is 2.68. The topological polar surface area (TPSA) is 58.1 Å². The Labute approximate surface area is 111 Å². The molecule has 1 N–H and O–H groups in total. The lowest BCUT2D eigenvalue weighted by molar-refractivity contribution is 0.237. The molecule has 1 aliphatic carbocycles. The molecule has 0 aromatic carbocycles. The number of hydrogen-bond donors (Lipinski definition) is 1. The van der Waals surface area contributed by atoms with Gasteiger partial charge in [-0.05, 0) is 12.8 Å². The zero-order valence-electron chi connectivity index (χ0n) is 10.0. The van der Waals surface area contributed by atoms with Gasteiger partial charge in [-0.15, -0.1) is 0 Å². The summed E-state index contributed by atoms with van der Waals surface area (Å²) < 4.78 is 0. The first-order valence-corrected chi connectivity index (χ1v) is 6.64. The summed E-state index contributed by atoms with van der Waals surface area (Å²) in [5, 5.41) is 3.58. The van der Waals surface area contributed by atoms with Crippen LogP contribution in [0.5, 0.6) is 0 Å². The first kappa shape index (κ1) is 11.7. The minimum absolute atomic E-state index is 0.0711. The molecular weight excluding hydrogens is 252 g/mol. The number of urea groups is 1. The van der Waals surface area contributed by atoms with Gasteiger partial charge in [-0.25, -0.2) is 14.8 Å². The third-order valence-corrected chi connectivity index (χ3v) is 3.93. The number of aromatic nitrogens is 2. The Kier molecular flexibility index (Phi) is 2.86. The summed E-state index contributed by atoms with van der Waals surface area (Å²) in [7, 11) is 0. The second-order valence-electron chi connectivity index (χ2n) is 5.06. The molecule has 2 aliphatic rings. The van der Waals surface area contributed by atoms with Gasteiger partial charge in [0, 0.05) is 0 Å². The van der Waals surface area contributed by atoms with E-state index < -0.39 is 0 Å². The van der Waals surface area contributed by atoms with E-state index in [0.29, 0.717) is 17.5 Å². The lowest BCUT2D eigenvalue weighted by Crippen LogP contribution is -2.44. The SMILES string of the molecule is O=C1NC2(CCCCC2)CN1c1ncc(Cl)cn1. The van der Waals surface area contributed by atoms with E-state index in [1.165, 1.54) is 31.7 Å². The van der Waals surface area contributed by atoms with Gasteiger partial charge in [-0.1, -0.05) is 30.9 Å². The second kappa shape index (κ2) is 4.39. The van der Waals surface area contributed by atoms with Gasteiger partial charge in [-0.3, -0.25) is 4.90 Å². The summed E-state index contributed by atoms with van der Waals surface area (Å²) >= 11 is 5.75. The standard InChI is InChI=1S/C12H15ClN4O/c13-9-6-14-10(15-7-9)17-8-12(16-11(17)18)4-2-1-3-5-12/h6-7H,1-5,8H2,(H,16,18). The molecular formula is C12H15ClN4O. The lowest BCUT2D eigenvalue weighted by atomic mass is 9.82. The summed E-state index contributed by atoms with van der Waals surface area (Å²) in [4.78, 5) is 21.9. The van der Waals surface area contributed by atoms with Crippen LogP contribution in [0.15, 0.2) is 12.4 Å². The zero-order valence-corrected chi connectivity index (χ0v) is 10.8. The van der Waals surface area contributed by atoms with Gasteiger partial charge in [0.05, 0.1) is 29.5 Å². The van der Waals surface area contributed by atoms with Crippen molar-refractivity contribution in [1.29, 1.82) is 0 Å². The maximum atomic E-state index is 12.0. The van der Waals surface area contributed by atoms with Crippen LogP contribution in [0.2, 0.25) is 5.02 Å². The average molecular weight is 267 g/mol. The van der Waals surface area contributed by atoms with Gasteiger partial charge in [0.15, 0.2) is 0 Å². The van der Waals surface area contributed by atoms with Gasteiger partial charge in [0.25, 0.3) is 0 Å². The Hall–Kier alpha value is -1.36. The van der Waals surface area contributed by atoms with E-state index in [9.17, 15) is 4.79 Å². The summed E-state index contributed by atoms with van der Waals surface area (Å²) in [6.07, 6.45) is 8.73. The first-order chi connectivity index (χ1) is 8.69. The molecule has 1 saturated heterocycles. The Morgan fingerprint density at radius 2 is 1.89 bits per heavy atom. The molecule has 1 aromatic rings. The Balaban J connectivity index is 1.82. The fraction of sp³-hybridized carbons (Fsp3) is 0.583. The quantitative estimate of drug-likeness (QED) is 0.849. The molecule has 5 nitrogen and oxygen atoms in total. The van der Waals surface area contributed by atoms with Gasteiger partial charge >= 0.3 is 6.03 Å². The molecule has 1 spiro atoms. The van der Waals surface area contributed by atoms with Crippen molar-refractivity contribution < 1.29 is 4.79 Å². The van der Waals surface area contributed by atoms with Crippen LogP contribution >= 0.6 is 11.6 Å². The molecule has 3 rings (SSSR count). The van der Waals surface area contributed by atoms with Crippen molar-refractivity contribution in [1.82, 2.24) is 15.3 Å². The minimum Gasteiger partial charge on any atom is -0.330 e. The molecule has 96 valence electrons. The summed E-state index contributed by atoms with van der Waals surface area (Å²) in [5.41, 5.74) is -0.0711. The van der Waals surface area contributed by atoms with Crippen molar-refractivity contribution in [3.63, 3.8) is 0 Å². The molecule has 18 heavy (non-hydrogen) atoms. The Morgan fingerprint density at radius 1 is 1.22 bits per heavy atom. The largest absolute Gasteiger partial charge is 0.330 e. The molecule has 0 radical (unpaired) electrons. The molecule has 0 atom stereocenters. The van der Waals surface area contributed by atoms with Gasteiger partial charge in [0.2, 0.25) is 5.95 Å². The monoisotopic (exact) mass is 266 g/mol. The number of amides is 2. The number of hydrogen-bond acceptors (Lipinski definition) is 3. The predicted molar refractivity (Wildman–Crippen MR) is 68.7 cm³/mol. The summed E-state index contributed by atoms with van der Waals surface area (Å²) in [6.45, 7) is 0.660. The third kappa shape index (κ3) is 2.03. The summed E-state index contributed by atoms with van der Waals surface area (Å²) in [5.74, 6) is 0.430. The first-order valence-electron chi connectivity index (χ1n) is 6.26. The Morgan fingerprint density at radius 3 is 2.56 bits per heavy atom. The smallest absolute Gasteiger partial charge is 0.324 e. The van der Waals surface area contributed by atoms with Crippen LogP contribution in [0.1, 0.15) is 32.1 Å². The van der Waals surface area contributed by atoms with Crippen LogP contribution in [0.4, 0.5) is 10.7 Å². The lowest BCUT2D eigenvalue weighted by Gasteiger charge is -2.32. The van der Waals surface area contributed by atoms with E-state index in [1.807, 2.05) is 0 Å². The third-order valence-electron chi connectivity index (χ3n) is 3.74. The highest BCUT2D eigenvalue weighted by Gasteiger charge is 2.44. The van der Waals surface area contributed by atoms with Crippen molar-refractivity contribution in [2.75, 3.05) is 11.4 Å². The van der Waals surface area contributed by atoms with E-state index in [4.69, 9.17) is 11.6 Å². The molecule has 1 aliphatic heterocycles. The van der Waals surface area contributed by atoms with E-state index in [-0.39, 0.29) is 11.6 Å². The van der Waals surface area contributed by atoms with Gasteiger partial charge < -0.3 is 5.32 Å². The van der Waals surface area contributed by atoms with Gasteiger partial charge in [-0.2, -0.15) is 0 Å². The van der Waals surface area contributed by atoms with Crippen LogP contribution in [0.25, 0.3) is 0 Å². The highest BCUT2D eigenvalue weighted by molar-refractivity contribution is 6.30. The summed E-state index contributed by atoms with van der Waals surface area (Å²) in [6, 6.07) is -0.0979. The number of anilines is 1. The molecule has 0 unspecified atom stereocenters. The highest BCUT2D eigenvalue weighted by atomic mass is 35.5. The van der Waals surface area contributed by atoms with Crippen LogP contribution in [0, 0.1) is 0 Å². The number of halogens is 1. The number of nitrogens with one attached hydrogen (secondary N) is 1. The van der Waals surface area contributed by atoms with Crippen molar-refractivity contribution in [3.8, 4) is 0 Å². The molecule has 1 aromatic heterocycles. The Bertz CT molecular complexity index is 456.